The molecule has 2 aromatic rings. The van der Waals surface area contributed by atoms with Crippen LogP contribution in [-0.4, -0.2) is 22.9 Å². The fourth-order valence-corrected chi connectivity index (χ4v) is 3.19. The van der Waals surface area contributed by atoms with Crippen LogP contribution in [0.5, 0.6) is 0 Å². The summed E-state index contributed by atoms with van der Waals surface area (Å²) >= 11 is 9.14. The number of nitrogens with zero attached hydrogens (tertiary/aromatic N) is 1. The van der Waals surface area contributed by atoms with Gasteiger partial charge in [0.25, 0.3) is 0 Å². The second-order valence-corrected chi connectivity index (χ2v) is 5.95. The molecule has 1 heterocycles. The molecule has 5 heteroatoms. The minimum Gasteiger partial charge on any atom is -0.302 e. The highest BCUT2D eigenvalue weighted by atomic mass is 35.5. The summed E-state index contributed by atoms with van der Waals surface area (Å²) in [5.74, 6) is 0. The molecule has 0 saturated carbocycles. The molecule has 0 spiro atoms. The number of aromatic nitrogens is 1. The number of carbonyl (C=O) groups is 1. The Morgan fingerprint density at radius 2 is 2.44 bits per heavy atom. The van der Waals surface area contributed by atoms with E-state index in [2.05, 4.69) is 4.98 Å². The maximum Gasteiger partial charge on any atom is 0.150 e. The van der Waals surface area contributed by atoms with Crippen LogP contribution in [0.2, 0.25) is 0 Å². The molecule has 2 rings (SSSR count). The molecule has 0 fully saturated rings. The SMILES string of the molecule is CSc1nc2c(CC(Cl)C=O)cccc2s1. The molecule has 0 aliphatic heterocycles. The van der Waals surface area contributed by atoms with Crippen molar-refractivity contribution in [3.63, 3.8) is 0 Å². The van der Waals surface area contributed by atoms with Crippen molar-refractivity contribution in [1.29, 1.82) is 0 Å². The number of fused-ring (bicyclic) bond motifs is 1. The number of alkyl halides is 1. The third-order valence-electron chi connectivity index (χ3n) is 2.22. The van der Waals surface area contributed by atoms with Gasteiger partial charge in [-0.25, -0.2) is 4.98 Å². The summed E-state index contributed by atoms with van der Waals surface area (Å²) in [6.07, 6.45) is 3.31. The van der Waals surface area contributed by atoms with Crippen LogP contribution < -0.4 is 0 Å². The standard InChI is InChI=1S/C11H10ClNOS2/c1-15-11-13-10-7(5-8(12)6-14)3-2-4-9(10)16-11/h2-4,6,8H,5H2,1H3. The van der Waals surface area contributed by atoms with Gasteiger partial charge in [0, 0.05) is 0 Å². The molecule has 0 aliphatic carbocycles. The fourth-order valence-electron chi connectivity index (χ4n) is 1.50. The first-order valence-corrected chi connectivity index (χ1v) is 7.24. The zero-order valence-corrected chi connectivity index (χ0v) is 11.0. The van der Waals surface area contributed by atoms with Gasteiger partial charge < -0.3 is 4.79 Å². The molecule has 1 aromatic heterocycles. The number of hydrogen-bond acceptors (Lipinski definition) is 4. The highest BCUT2D eigenvalue weighted by Crippen LogP contribution is 2.30. The van der Waals surface area contributed by atoms with Gasteiger partial charge in [0.05, 0.1) is 15.6 Å². The van der Waals surface area contributed by atoms with Gasteiger partial charge >= 0.3 is 0 Å². The molecule has 0 bridgehead atoms. The van der Waals surface area contributed by atoms with Crippen LogP contribution in [-0.2, 0) is 11.2 Å². The van der Waals surface area contributed by atoms with Gasteiger partial charge in [0.1, 0.15) is 6.29 Å². The Kier molecular flexibility index (Phi) is 3.84. The molecular formula is C11H10ClNOS2. The Morgan fingerprint density at radius 3 is 3.12 bits per heavy atom. The van der Waals surface area contributed by atoms with Crippen molar-refractivity contribution in [3.05, 3.63) is 23.8 Å². The Hall–Kier alpha value is -0.580. The summed E-state index contributed by atoms with van der Waals surface area (Å²) in [7, 11) is 0. The molecule has 0 N–H and O–H groups in total. The fraction of sp³-hybridized carbons (Fsp3) is 0.273. The molecule has 0 amide bonds. The van der Waals surface area contributed by atoms with E-state index in [4.69, 9.17) is 11.6 Å². The second kappa shape index (κ2) is 5.17. The van der Waals surface area contributed by atoms with Gasteiger partial charge in [0.2, 0.25) is 0 Å². The molecule has 1 unspecified atom stereocenters. The number of benzene rings is 1. The topological polar surface area (TPSA) is 30.0 Å². The van der Waals surface area contributed by atoms with Gasteiger partial charge in [-0.15, -0.1) is 22.9 Å². The van der Waals surface area contributed by atoms with Crippen LogP contribution >= 0.6 is 34.7 Å². The van der Waals surface area contributed by atoms with Crippen LogP contribution in [0.1, 0.15) is 5.56 Å². The van der Waals surface area contributed by atoms with Crippen molar-refractivity contribution >= 4 is 51.2 Å². The number of rotatable bonds is 4. The van der Waals surface area contributed by atoms with Gasteiger partial charge in [-0.05, 0) is 24.3 Å². The molecule has 1 aromatic carbocycles. The van der Waals surface area contributed by atoms with E-state index in [-0.39, 0.29) is 0 Å². The molecule has 1 atom stereocenters. The van der Waals surface area contributed by atoms with E-state index in [1.165, 1.54) is 0 Å². The molecule has 0 aliphatic rings. The first-order chi connectivity index (χ1) is 7.74. The first-order valence-electron chi connectivity index (χ1n) is 4.76. The Balaban J connectivity index is 2.44. The predicted molar refractivity (Wildman–Crippen MR) is 70.8 cm³/mol. The van der Waals surface area contributed by atoms with Crippen molar-refractivity contribution in [1.82, 2.24) is 4.98 Å². The van der Waals surface area contributed by atoms with Crippen LogP contribution in [0.15, 0.2) is 22.5 Å². The summed E-state index contributed by atoms with van der Waals surface area (Å²) in [5, 5.41) is -0.468. The van der Waals surface area contributed by atoms with E-state index in [0.717, 1.165) is 26.4 Å². The number of carbonyl (C=O) groups excluding carboxylic acids is 1. The Morgan fingerprint density at radius 1 is 1.62 bits per heavy atom. The molecule has 0 saturated heterocycles. The van der Waals surface area contributed by atoms with Gasteiger partial charge in [-0.3, -0.25) is 0 Å². The minimum atomic E-state index is -0.468. The number of thiazole rings is 1. The lowest BCUT2D eigenvalue weighted by Gasteiger charge is -2.02. The Bertz CT molecular complexity index is 512. The number of hydrogen-bond donors (Lipinski definition) is 0. The van der Waals surface area contributed by atoms with Crippen molar-refractivity contribution in [2.24, 2.45) is 0 Å². The number of halogens is 1. The second-order valence-electron chi connectivity index (χ2n) is 3.30. The summed E-state index contributed by atoms with van der Waals surface area (Å²) in [6.45, 7) is 0. The summed E-state index contributed by atoms with van der Waals surface area (Å²) in [5.41, 5.74) is 2.02. The van der Waals surface area contributed by atoms with E-state index in [1.807, 2.05) is 24.5 Å². The highest BCUT2D eigenvalue weighted by molar-refractivity contribution is 8.00. The van der Waals surface area contributed by atoms with Gasteiger partial charge in [-0.1, -0.05) is 23.9 Å². The third kappa shape index (κ3) is 2.39. The van der Waals surface area contributed by atoms with E-state index < -0.39 is 5.38 Å². The quantitative estimate of drug-likeness (QED) is 0.485. The van der Waals surface area contributed by atoms with Crippen LogP contribution in [0.3, 0.4) is 0 Å². The Labute approximate surface area is 107 Å². The lowest BCUT2D eigenvalue weighted by molar-refractivity contribution is -0.107. The van der Waals surface area contributed by atoms with Crippen LogP contribution in [0.25, 0.3) is 10.2 Å². The molecule has 2 nitrogen and oxygen atoms in total. The van der Waals surface area contributed by atoms with Crippen LogP contribution in [0.4, 0.5) is 0 Å². The maximum absolute atomic E-state index is 10.6. The normalized spacial score (nSPS) is 12.9. The lowest BCUT2D eigenvalue weighted by Crippen LogP contribution is -2.04. The van der Waals surface area contributed by atoms with E-state index in [1.54, 1.807) is 23.1 Å². The molecule has 0 radical (unpaired) electrons. The third-order valence-corrected chi connectivity index (χ3v) is 4.48. The van der Waals surface area contributed by atoms with Gasteiger partial charge in [0.15, 0.2) is 4.34 Å². The van der Waals surface area contributed by atoms with Gasteiger partial charge in [-0.2, -0.15) is 0 Å². The monoisotopic (exact) mass is 271 g/mol. The predicted octanol–water partition coefficient (Wildman–Crippen LogP) is 3.37. The molecular weight excluding hydrogens is 262 g/mol. The molecule has 16 heavy (non-hydrogen) atoms. The lowest BCUT2D eigenvalue weighted by atomic mass is 10.1. The van der Waals surface area contributed by atoms with Crippen molar-refractivity contribution in [3.8, 4) is 0 Å². The summed E-state index contributed by atoms with van der Waals surface area (Å²) in [4.78, 5) is 15.1. The largest absolute Gasteiger partial charge is 0.302 e. The van der Waals surface area contributed by atoms with Crippen LogP contribution in [0, 0.1) is 0 Å². The van der Waals surface area contributed by atoms with Crippen molar-refractivity contribution in [2.75, 3.05) is 6.26 Å². The average molecular weight is 272 g/mol. The van der Waals surface area contributed by atoms with E-state index in [0.29, 0.717) is 6.42 Å². The highest BCUT2D eigenvalue weighted by Gasteiger charge is 2.11. The smallest absolute Gasteiger partial charge is 0.150 e. The van der Waals surface area contributed by atoms with E-state index >= 15 is 0 Å². The zero-order chi connectivity index (χ0) is 11.5. The number of thioether (sulfide) groups is 1. The number of para-hydroxylation sites is 1. The zero-order valence-electron chi connectivity index (χ0n) is 8.64. The summed E-state index contributed by atoms with van der Waals surface area (Å²) in [6, 6.07) is 6.00. The van der Waals surface area contributed by atoms with Crippen molar-refractivity contribution < 1.29 is 4.79 Å². The summed E-state index contributed by atoms with van der Waals surface area (Å²) < 4.78 is 2.19. The average Bonchev–Trinajstić information content (AvgIpc) is 2.73. The molecule has 84 valence electrons. The first kappa shape index (κ1) is 11.9. The minimum absolute atomic E-state index is 0.468. The number of aldehydes is 1. The maximum atomic E-state index is 10.6. The van der Waals surface area contributed by atoms with E-state index in [9.17, 15) is 4.79 Å². The van der Waals surface area contributed by atoms with Crippen molar-refractivity contribution in [2.45, 2.75) is 16.1 Å².